The number of hydrogen-bond acceptors (Lipinski definition) is 6. The number of nitrogens with zero attached hydrogens (tertiary/aromatic N) is 4. The lowest BCUT2D eigenvalue weighted by atomic mass is 9.96. The van der Waals surface area contributed by atoms with Crippen LogP contribution >= 0.6 is 11.3 Å². The molecule has 1 atom stereocenters. The van der Waals surface area contributed by atoms with E-state index in [1.54, 1.807) is 11.3 Å². The highest BCUT2D eigenvalue weighted by Crippen LogP contribution is 2.30. The van der Waals surface area contributed by atoms with Gasteiger partial charge in [-0.2, -0.15) is 0 Å². The fourth-order valence-corrected chi connectivity index (χ4v) is 5.14. The molecular weight excluding hydrogens is 358 g/mol. The first-order valence-corrected chi connectivity index (χ1v) is 11.0. The second-order valence-electron chi connectivity index (χ2n) is 7.76. The van der Waals surface area contributed by atoms with Gasteiger partial charge in [-0.3, -0.25) is 9.69 Å². The molecular formula is C20H29N5OS. The molecule has 2 aromatic heterocycles. The van der Waals surface area contributed by atoms with Crippen molar-refractivity contribution in [2.24, 2.45) is 5.92 Å². The Morgan fingerprint density at radius 1 is 1.26 bits per heavy atom. The van der Waals surface area contributed by atoms with E-state index in [0.29, 0.717) is 6.04 Å². The van der Waals surface area contributed by atoms with Gasteiger partial charge in [-0.15, -0.1) is 0 Å². The first-order valence-electron chi connectivity index (χ1n) is 10.2. The van der Waals surface area contributed by atoms with Crippen LogP contribution in [0.4, 0.5) is 5.13 Å². The number of carbonyl (C=O) groups is 1. The molecule has 6 nitrogen and oxygen atoms in total. The highest BCUT2D eigenvalue weighted by molar-refractivity contribution is 7.21. The molecule has 1 N–H and O–H groups in total. The maximum Gasteiger partial charge on any atom is 0.223 e. The SMILES string of the molecule is C[C@H]1CCCCN1CCNC(=O)C1CCN(c2nc3cccnc3s2)CC1. The first-order chi connectivity index (χ1) is 13.2. The van der Waals surface area contributed by atoms with Crippen LogP contribution in [-0.2, 0) is 4.79 Å². The molecule has 0 unspecified atom stereocenters. The number of hydrogen-bond donors (Lipinski definition) is 1. The van der Waals surface area contributed by atoms with E-state index < -0.39 is 0 Å². The molecule has 2 aliphatic heterocycles. The quantitative estimate of drug-likeness (QED) is 0.855. The highest BCUT2D eigenvalue weighted by atomic mass is 32.1. The third-order valence-electron chi connectivity index (χ3n) is 5.93. The van der Waals surface area contributed by atoms with Crippen molar-refractivity contribution in [3.8, 4) is 0 Å². The number of rotatable bonds is 5. The van der Waals surface area contributed by atoms with Crippen molar-refractivity contribution in [1.29, 1.82) is 0 Å². The summed E-state index contributed by atoms with van der Waals surface area (Å²) >= 11 is 1.64. The predicted molar refractivity (Wildman–Crippen MR) is 110 cm³/mol. The average Bonchev–Trinajstić information content (AvgIpc) is 3.14. The Kier molecular flexibility index (Phi) is 5.88. The molecule has 4 heterocycles. The lowest BCUT2D eigenvalue weighted by molar-refractivity contribution is -0.125. The number of nitrogens with one attached hydrogen (secondary N) is 1. The molecule has 2 fully saturated rings. The molecule has 0 spiro atoms. The molecule has 2 aromatic rings. The summed E-state index contributed by atoms with van der Waals surface area (Å²) in [6.07, 6.45) is 7.52. The summed E-state index contributed by atoms with van der Waals surface area (Å²) in [5.41, 5.74) is 0.962. The monoisotopic (exact) mass is 387 g/mol. The first kappa shape index (κ1) is 18.6. The van der Waals surface area contributed by atoms with Crippen LogP contribution in [0.2, 0.25) is 0 Å². The van der Waals surface area contributed by atoms with Crippen LogP contribution in [0.25, 0.3) is 10.3 Å². The summed E-state index contributed by atoms with van der Waals surface area (Å²) in [6, 6.07) is 4.58. The van der Waals surface area contributed by atoms with Crippen molar-refractivity contribution in [3.05, 3.63) is 18.3 Å². The van der Waals surface area contributed by atoms with Crippen molar-refractivity contribution in [1.82, 2.24) is 20.2 Å². The van der Waals surface area contributed by atoms with Crippen LogP contribution in [0, 0.1) is 5.92 Å². The van der Waals surface area contributed by atoms with E-state index in [0.717, 1.165) is 54.5 Å². The van der Waals surface area contributed by atoms with E-state index in [4.69, 9.17) is 4.98 Å². The van der Waals surface area contributed by atoms with Crippen LogP contribution in [-0.4, -0.2) is 59.5 Å². The molecule has 0 saturated carbocycles. The maximum absolute atomic E-state index is 12.5. The number of aromatic nitrogens is 2. The molecule has 7 heteroatoms. The van der Waals surface area contributed by atoms with Gasteiger partial charge in [0, 0.05) is 44.3 Å². The average molecular weight is 388 g/mol. The fraction of sp³-hybridized carbons (Fsp3) is 0.650. The molecule has 146 valence electrons. The normalized spacial score (nSPS) is 22.3. The van der Waals surface area contributed by atoms with Gasteiger partial charge < -0.3 is 10.2 Å². The molecule has 0 aliphatic carbocycles. The van der Waals surface area contributed by atoms with Gasteiger partial charge in [-0.25, -0.2) is 9.97 Å². The van der Waals surface area contributed by atoms with Gasteiger partial charge in [0.05, 0.1) is 0 Å². The molecule has 0 aromatic carbocycles. The van der Waals surface area contributed by atoms with Crippen LogP contribution in [0.5, 0.6) is 0 Å². The van der Waals surface area contributed by atoms with Gasteiger partial charge in [-0.05, 0) is 51.3 Å². The fourth-order valence-electron chi connectivity index (χ4n) is 4.18. The van der Waals surface area contributed by atoms with Gasteiger partial charge >= 0.3 is 0 Å². The largest absolute Gasteiger partial charge is 0.355 e. The van der Waals surface area contributed by atoms with Crippen molar-refractivity contribution in [3.63, 3.8) is 0 Å². The van der Waals surface area contributed by atoms with Crippen LogP contribution in [0.15, 0.2) is 18.3 Å². The summed E-state index contributed by atoms with van der Waals surface area (Å²) in [4.78, 5) is 27.4. The Hall–Kier alpha value is -1.73. The second kappa shape index (κ2) is 8.52. The van der Waals surface area contributed by atoms with E-state index in [1.807, 2.05) is 18.3 Å². The van der Waals surface area contributed by atoms with Crippen LogP contribution < -0.4 is 10.2 Å². The Labute approximate surface area is 165 Å². The van der Waals surface area contributed by atoms with Crippen LogP contribution in [0.3, 0.4) is 0 Å². The maximum atomic E-state index is 12.5. The Balaban J connectivity index is 1.23. The summed E-state index contributed by atoms with van der Waals surface area (Å²) in [5.74, 6) is 0.359. The third kappa shape index (κ3) is 4.41. The minimum Gasteiger partial charge on any atom is -0.355 e. The number of amides is 1. The lowest BCUT2D eigenvalue weighted by Gasteiger charge is -2.34. The second-order valence-corrected chi connectivity index (χ2v) is 8.71. The lowest BCUT2D eigenvalue weighted by Crippen LogP contribution is -2.45. The smallest absolute Gasteiger partial charge is 0.223 e. The molecule has 27 heavy (non-hydrogen) atoms. The number of fused-ring (bicyclic) bond motifs is 1. The number of thiazole rings is 1. The van der Waals surface area contributed by atoms with Crippen molar-refractivity contribution in [2.45, 2.75) is 45.1 Å². The van der Waals surface area contributed by atoms with Gasteiger partial charge in [0.1, 0.15) is 10.3 Å². The van der Waals surface area contributed by atoms with E-state index in [1.165, 1.54) is 25.8 Å². The summed E-state index contributed by atoms with van der Waals surface area (Å²) in [6.45, 7) is 7.00. The van der Waals surface area contributed by atoms with Crippen molar-refractivity contribution >= 4 is 32.7 Å². The van der Waals surface area contributed by atoms with Gasteiger partial charge in [0.2, 0.25) is 5.91 Å². The highest BCUT2D eigenvalue weighted by Gasteiger charge is 2.26. The molecule has 0 bridgehead atoms. The Morgan fingerprint density at radius 3 is 2.89 bits per heavy atom. The standard InChI is InChI=1S/C20H29N5OS/c1-15-5-2-3-11-24(15)14-10-21-18(26)16-7-12-25(13-8-16)20-23-17-6-4-9-22-19(17)27-20/h4,6,9,15-16H,2-3,5,7-8,10-14H2,1H3,(H,21,26)/t15-/m0/s1. The van der Waals surface area contributed by atoms with E-state index >= 15 is 0 Å². The summed E-state index contributed by atoms with van der Waals surface area (Å²) in [5, 5.41) is 4.20. The molecule has 2 saturated heterocycles. The Bertz CT molecular complexity index is 738. The number of piperidine rings is 2. The number of likely N-dealkylation sites (tertiary alicyclic amines) is 1. The van der Waals surface area contributed by atoms with Gasteiger partial charge in [0.15, 0.2) is 5.13 Å². The zero-order valence-electron chi connectivity index (χ0n) is 16.1. The van der Waals surface area contributed by atoms with Crippen molar-refractivity contribution in [2.75, 3.05) is 37.6 Å². The summed E-state index contributed by atoms with van der Waals surface area (Å²) in [7, 11) is 0. The minimum absolute atomic E-state index is 0.132. The zero-order chi connectivity index (χ0) is 18.6. The number of anilines is 1. The van der Waals surface area contributed by atoms with Gasteiger partial charge in [0.25, 0.3) is 0 Å². The van der Waals surface area contributed by atoms with E-state index in [-0.39, 0.29) is 11.8 Å². The molecule has 1 amide bonds. The minimum atomic E-state index is 0.132. The van der Waals surface area contributed by atoms with E-state index in [9.17, 15) is 4.79 Å². The predicted octanol–water partition coefficient (Wildman–Crippen LogP) is 2.90. The molecule has 4 rings (SSSR count). The van der Waals surface area contributed by atoms with Crippen LogP contribution in [0.1, 0.15) is 39.0 Å². The van der Waals surface area contributed by atoms with Crippen molar-refractivity contribution < 1.29 is 4.79 Å². The zero-order valence-corrected chi connectivity index (χ0v) is 16.9. The third-order valence-corrected chi connectivity index (χ3v) is 6.97. The topological polar surface area (TPSA) is 61.4 Å². The van der Waals surface area contributed by atoms with E-state index in [2.05, 4.69) is 27.0 Å². The molecule has 0 radical (unpaired) electrons. The summed E-state index contributed by atoms with van der Waals surface area (Å²) < 4.78 is 0. The number of pyridine rings is 1. The Morgan fingerprint density at radius 2 is 2.11 bits per heavy atom. The molecule has 2 aliphatic rings. The van der Waals surface area contributed by atoms with Gasteiger partial charge in [-0.1, -0.05) is 17.8 Å². The number of carbonyl (C=O) groups excluding carboxylic acids is 1.